The highest BCUT2D eigenvalue weighted by Gasteiger charge is 2.07. The lowest BCUT2D eigenvalue weighted by Gasteiger charge is -2.11. The van der Waals surface area contributed by atoms with Gasteiger partial charge >= 0.3 is 0 Å². The quantitative estimate of drug-likeness (QED) is 0.689. The highest BCUT2D eigenvalue weighted by molar-refractivity contribution is 6.31. The van der Waals surface area contributed by atoms with Crippen molar-refractivity contribution < 1.29 is 9.13 Å². The van der Waals surface area contributed by atoms with Crippen molar-refractivity contribution in [3.63, 3.8) is 0 Å². The van der Waals surface area contributed by atoms with E-state index in [9.17, 15) is 4.39 Å². The van der Waals surface area contributed by atoms with E-state index in [4.69, 9.17) is 16.3 Å². The first-order valence-corrected chi connectivity index (χ1v) is 8.44. The fourth-order valence-electron chi connectivity index (χ4n) is 2.32. The van der Waals surface area contributed by atoms with Gasteiger partial charge in [-0.05, 0) is 63.4 Å². The molecule has 0 aliphatic rings. The average Bonchev–Trinajstić information content (AvgIpc) is 2.54. The molecule has 1 N–H and O–H groups in total. The molecule has 24 heavy (non-hydrogen) atoms. The summed E-state index contributed by atoms with van der Waals surface area (Å²) in [5, 5.41) is 3.80. The lowest BCUT2D eigenvalue weighted by Crippen LogP contribution is -2.21. The molecule has 3 nitrogen and oxygen atoms in total. The predicted molar refractivity (Wildman–Crippen MR) is 97.1 cm³/mol. The lowest BCUT2D eigenvalue weighted by atomic mass is 10.2. The van der Waals surface area contributed by atoms with Crippen LogP contribution in [0.2, 0.25) is 5.02 Å². The van der Waals surface area contributed by atoms with Gasteiger partial charge in [-0.25, -0.2) is 4.39 Å². The second-order valence-electron chi connectivity index (χ2n) is 5.97. The van der Waals surface area contributed by atoms with Crippen LogP contribution in [-0.4, -0.2) is 32.1 Å². The Balaban J connectivity index is 1.84. The van der Waals surface area contributed by atoms with E-state index in [0.717, 1.165) is 31.6 Å². The SMILES string of the molecule is CN(C)CCCNCc1cccc(OCc2c(F)cccc2Cl)c1. The van der Waals surface area contributed by atoms with Gasteiger partial charge in [-0.2, -0.15) is 0 Å². The molecular formula is C19H24ClFN2O. The van der Waals surface area contributed by atoms with Gasteiger partial charge in [0.2, 0.25) is 0 Å². The third-order valence-corrected chi connectivity index (χ3v) is 3.99. The highest BCUT2D eigenvalue weighted by atomic mass is 35.5. The maximum absolute atomic E-state index is 13.8. The summed E-state index contributed by atoms with van der Waals surface area (Å²) in [6.45, 7) is 2.93. The Kier molecular flexibility index (Phi) is 7.50. The second kappa shape index (κ2) is 9.62. The lowest BCUT2D eigenvalue weighted by molar-refractivity contribution is 0.299. The number of nitrogens with one attached hydrogen (secondary N) is 1. The average molecular weight is 351 g/mol. The summed E-state index contributed by atoms with van der Waals surface area (Å²) in [5.74, 6) is 0.364. The standard InChI is InChI=1S/C19H24ClFN2O/c1-23(2)11-5-10-22-13-15-6-3-7-16(12-15)24-14-17-18(20)8-4-9-19(17)21/h3-4,6-9,12,22H,5,10-11,13-14H2,1-2H3. The number of hydrogen-bond donors (Lipinski definition) is 1. The second-order valence-corrected chi connectivity index (χ2v) is 6.38. The minimum atomic E-state index is -0.346. The normalized spacial score (nSPS) is 11.0. The molecule has 0 bridgehead atoms. The third-order valence-electron chi connectivity index (χ3n) is 3.63. The molecule has 0 fully saturated rings. The summed E-state index contributed by atoms with van der Waals surface area (Å²) in [4.78, 5) is 2.17. The molecule has 0 aromatic heterocycles. The Hall–Kier alpha value is -1.62. The van der Waals surface area contributed by atoms with Gasteiger partial charge in [0.1, 0.15) is 18.2 Å². The number of hydrogen-bond acceptors (Lipinski definition) is 3. The summed E-state index contributed by atoms with van der Waals surface area (Å²) in [5.41, 5.74) is 1.52. The zero-order valence-corrected chi connectivity index (χ0v) is 14.9. The van der Waals surface area contributed by atoms with Crippen LogP contribution in [0.25, 0.3) is 0 Å². The smallest absolute Gasteiger partial charge is 0.131 e. The van der Waals surface area contributed by atoms with Crippen molar-refractivity contribution in [3.05, 3.63) is 64.4 Å². The summed E-state index contributed by atoms with van der Waals surface area (Å²) in [7, 11) is 4.14. The van der Waals surface area contributed by atoms with Gasteiger partial charge in [0, 0.05) is 12.1 Å². The van der Waals surface area contributed by atoms with Crippen molar-refractivity contribution in [3.8, 4) is 5.75 Å². The first kappa shape index (κ1) is 18.7. The van der Waals surface area contributed by atoms with E-state index in [1.165, 1.54) is 6.07 Å². The van der Waals surface area contributed by atoms with Gasteiger partial charge in [0.15, 0.2) is 0 Å². The Bertz CT molecular complexity index is 629. The number of benzene rings is 2. The van der Waals surface area contributed by atoms with Gasteiger partial charge in [-0.1, -0.05) is 29.8 Å². The van der Waals surface area contributed by atoms with E-state index in [0.29, 0.717) is 16.3 Å². The number of rotatable bonds is 9. The van der Waals surface area contributed by atoms with Crippen molar-refractivity contribution in [1.29, 1.82) is 0 Å². The van der Waals surface area contributed by atoms with Crippen LogP contribution in [0.3, 0.4) is 0 Å². The monoisotopic (exact) mass is 350 g/mol. The van der Waals surface area contributed by atoms with E-state index in [1.807, 2.05) is 24.3 Å². The summed E-state index contributed by atoms with van der Waals surface area (Å²) in [6, 6.07) is 12.5. The fourth-order valence-corrected chi connectivity index (χ4v) is 2.54. The molecule has 0 radical (unpaired) electrons. The zero-order valence-electron chi connectivity index (χ0n) is 14.2. The van der Waals surface area contributed by atoms with Crippen molar-refractivity contribution >= 4 is 11.6 Å². The molecule has 0 spiro atoms. The van der Waals surface area contributed by atoms with Crippen LogP contribution in [0.1, 0.15) is 17.5 Å². The molecule has 0 heterocycles. The van der Waals surface area contributed by atoms with Crippen LogP contribution in [0.4, 0.5) is 4.39 Å². The first-order chi connectivity index (χ1) is 11.6. The molecule has 2 rings (SSSR count). The molecule has 2 aromatic carbocycles. The van der Waals surface area contributed by atoms with Crippen LogP contribution in [0.5, 0.6) is 5.75 Å². The predicted octanol–water partition coefficient (Wildman–Crippen LogP) is 4.10. The minimum Gasteiger partial charge on any atom is -0.489 e. The largest absolute Gasteiger partial charge is 0.489 e. The van der Waals surface area contributed by atoms with Gasteiger partial charge in [0.05, 0.1) is 5.02 Å². The topological polar surface area (TPSA) is 24.5 Å². The third kappa shape index (κ3) is 6.11. The molecular weight excluding hydrogens is 327 g/mol. The molecule has 130 valence electrons. The Labute approximate surface area is 148 Å². The highest BCUT2D eigenvalue weighted by Crippen LogP contribution is 2.22. The molecule has 0 aliphatic heterocycles. The molecule has 5 heteroatoms. The molecule has 0 amide bonds. The summed E-state index contributed by atoms with van der Waals surface area (Å²) >= 11 is 6.01. The van der Waals surface area contributed by atoms with Gasteiger partial charge in [-0.15, -0.1) is 0 Å². The number of nitrogens with zero attached hydrogens (tertiary/aromatic N) is 1. The summed E-state index contributed by atoms with van der Waals surface area (Å²) < 4.78 is 19.4. The fraction of sp³-hybridized carbons (Fsp3) is 0.368. The van der Waals surface area contributed by atoms with Crippen molar-refractivity contribution in [2.75, 3.05) is 27.2 Å². The molecule has 0 atom stereocenters. The van der Waals surface area contributed by atoms with Crippen molar-refractivity contribution in [1.82, 2.24) is 10.2 Å². The Morgan fingerprint density at radius 3 is 2.71 bits per heavy atom. The maximum atomic E-state index is 13.8. The molecule has 0 saturated carbocycles. The minimum absolute atomic E-state index is 0.116. The Morgan fingerprint density at radius 1 is 1.17 bits per heavy atom. The summed E-state index contributed by atoms with van der Waals surface area (Å²) in [6.07, 6.45) is 1.11. The van der Waals surface area contributed by atoms with Crippen LogP contribution in [0, 0.1) is 5.82 Å². The van der Waals surface area contributed by atoms with E-state index in [-0.39, 0.29) is 12.4 Å². The number of halogens is 2. The van der Waals surface area contributed by atoms with Crippen LogP contribution in [0.15, 0.2) is 42.5 Å². The van der Waals surface area contributed by atoms with Crippen LogP contribution < -0.4 is 10.1 Å². The van der Waals surface area contributed by atoms with E-state index < -0.39 is 0 Å². The van der Waals surface area contributed by atoms with E-state index in [2.05, 4.69) is 24.3 Å². The molecule has 0 aliphatic carbocycles. The van der Waals surface area contributed by atoms with Gasteiger partial charge in [0.25, 0.3) is 0 Å². The van der Waals surface area contributed by atoms with Crippen LogP contribution >= 0.6 is 11.6 Å². The number of ether oxygens (including phenoxy) is 1. The van der Waals surface area contributed by atoms with E-state index in [1.54, 1.807) is 12.1 Å². The van der Waals surface area contributed by atoms with E-state index >= 15 is 0 Å². The van der Waals surface area contributed by atoms with Gasteiger partial charge in [-0.3, -0.25) is 0 Å². The molecule has 2 aromatic rings. The molecule has 0 saturated heterocycles. The van der Waals surface area contributed by atoms with Crippen molar-refractivity contribution in [2.45, 2.75) is 19.6 Å². The Morgan fingerprint density at radius 2 is 1.96 bits per heavy atom. The van der Waals surface area contributed by atoms with Gasteiger partial charge < -0.3 is 15.0 Å². The van der Waals surface area contributed by atoms with Crippen LogP contribution in [-0.2, 0) is 13.2 Å². The van der Waals surface area contributed by atoms with Crippen molar-refractivity contribution in [2.24, 2.45) is 0 Å². The first-order valence-electron chi connectivity index (χ1n) is 8.06. The molecule has 0 unspecified atom stereocenters. The zero-order chi connectivity index (χ0) is 17.4. The maximum Gasteiger partial charge on any atom is 0.131 e.